The first kappa shape index (κ1) is 22.6. The van der Waals surface area contributed by atoms with Crippen LogP contribution in [0.25, 0.3) is 0 Å². The van der Waals surface area contributed by atoms with Gasteiger partial charge >= 0.3 is 0 Å². The minimum absolute atomic E-state index is 0.121. The molecule has 1 heterocycles. The number of carbonyl (C=O) groups is 1. The summed E-state index contributed by atoms with van der Waals surface area (Å²) in [5.74, 6) is -0.972. The van der Waals surface area contributed by atoms with Crippen LogP contribution in [0, 0.1) is 15.9 Å². The summed E-state index contributed by atoms with van der Waals surface area (Å²) in [6.07, 6.45) is 0.205. The molecule has 0 atom stereocenters. The summed E-state index contributed by atoms with van der Waals surface area (Å²) in [7, 11) is -3.51. The molecule has 2 aromatic rings. The molecule has 0 spiro atoms. The number of amides is 1. The first-order valence-electron chi connectivity index (χ1n) is 9.78. The lowest BCUT2D eigenvalue weighted by Crippen LogP contribution is -2.49. The Kier molecular flexibility index (Phi) is 7.18. The van der Waals surface area contributed by atoms with Crippen LogP contribution in [0.2, 0.25) is 0 Å². The Morgan fingerprint density at radius 2 is 1.81 bits per heavy atom. The standard InChI is InChI=1S/C20H23FN4O5S/c21-18-7-1-2-8-19(18)23-10-12-24(13-11-23)31(29,30)14-4-9-22-20(26)16-5-3-6-17(15-16)25(27)28/h1-3,5-8,15H,4,9-14H2,(H,22,26). The van der Waals surface area contributed by atoms with Gasteiger partial charge in [-0.3, -0.25) is 14.9 Å². The van der Waals surface area contributed by atoms with Crippen molar-refractivity contribution in [2.75, 3.05) is 43.4 Å². The van der Waals surface area contributed by atoms with Gasteiger partial charge in [-0.05, 0) is 24.6 Å². The van der Waals surface area contributed by atoms with Gasteiger partial charge in [-0.2, -0.15) is 4.31 Å². The number of anilines is 1. The van der Waals surface area contributed by atoms with E-state index in [2.05, 4.69) is 5.32 Å². The van der Waals surface area contributed by atoms with Crippen molar-refractivity contribution < 1.29 is 22.5 Å². The first-order chi connectivity index (χ1) is 14.8. The van der Waals surface area contributed by atoms with Crippen LogP contribution >= 0.6 is 0 Å². The smallest absolute Gasteiger partial charge is 0.270 e. The van der Waals surface area contributed by atoms with E-state index in [9.17, 15) is 27.7 Å². The largest absolute Gasteiger partial charge is 0.367 e. The third-order valence-electron chi connectivity index (χ3n) is 5.01. The predicted octanol–water partition coefficient (Wildman–Crippen LogP) is 2.01. The highest BCUT2D eigenvalue weighted by Crippen LogP contribution is 2.21. The quantitative estimate of drug-likeness (QED) is 0.374. The van der Waals surface area contributed by atoms with Crippen LogP contribution in [0.1, 0.15) is 16.8 Å². The lowest BCUT2D eigenvalue weighted by Gasteiger charge is -2.35. The number of benzene rings is 2. The van der Waals surface area contributed by atoms with E-state index in [1.54, 1.807) is 18.2 Å². The van der Waals surface area contributed by atoms with Crippen molar-refractivity contribution in [2.45, 2.75) is 6.42 Å². The molecule has 0 unspecified atom stereocenters. The molecular formula is C20H23FN4O5S. The van der Waals surface area contributed by atoms with Gasteiger partial charge in [-0.25, -0.2) is 12.8 Å². The fourth-order valence-electron chi connectivity index (χ4n) is 3.36. The van der Waals surface area contributed by atoms with Crippen molar-refractivity contribution >= 4 is 27.3 Å². The van der Waals surface area contributed by atoms with Crippen LogP contribution < -0.4 is 10.2 Å². The number of para-hydroxylation sites is 1. The summed E-state index contributed by atoms with van der Waals surface area (Å²) >= 11 is 0. The molecule has 1 amide bonds. The van der Waals surface area contributed by atoms with E-state index in [1.165, 1.54) is 34.6 Å². The fourth-order valence-corrected chi connectivity index (χ4v) is 4.85. The van der Waals surface area contributed by atoms with E-state index in [-0.39, 0.29) is 48.9 Å². The number of hydrogen-bond donors (Lipinski definition) is 1. The van der Waals surface area contributed by atoms with Gasteiger partial charge in [0.05, 0.1) is 16.4 Å². The van der Waals surface area contributed by atoms with Gasteiger partial charge < -0.3 is 10.2 Å². The molecule has 2 aromatic carbocycles. The number of hydrogen-bond acceptors (Lipinski definition) is 6. The number of halogens is 1. The molecule has 1 N–H and O–H groups in total. The van der Waals surface area contributed by atoms with Crippen LogP contribution in [-0.4, -0.2) is 62.0 Å². The van der Waals surface area contributed by atoms with Crippen LogP contribution in [0.15, 0.2) is 48.5 Å². The summed E-state index contributed by atoms with van der Waals surface area (Å²) in [5, 5.41) is 13.4. The third-order valence-corrected chi connectivity index (χ3v) is 6.97. The summed E-state index contributed by atoms with van der Waals surface area (Å²) in [5.41, 5.74) is 0.412. The van der Waals surface area contributed by atoms with E-state index in [4.69, 9.17) is 0 Å². The van der Waals surface area contributed by atoms with Crippen molar-refractivity contribution in [3.8, 4) is 0 Å². The van der Waals surface area contributed by atoms with Crippen molar-refractivity contribution in [2.24, 2.45) is 0 Å². The molecule has 1 fully saturated rings. The topological polar surface area (TPSA) is 113 Å². The molecule has 9 nitrogen and oxygen atoms in total. The average Bonchev–Trinajstić information content (AvgIpc) is 2.77. The Balaban J connectivity index is 1.45. The van der Waals surface area contributed by atoms with Gasteiger partial charge in [0, 0.05) is 50.4 Å². The number of nitrogens with one attached hydrogen (secondary N) is 1. The fraction of sp³-hybridized carbons (Fsp3) is 0.350. The van der Waals surface area contributed by atoms with E-state index in [1.807, 2.05) is 4.90 Å². The van der Waals surface area contributed by atoms with Crippen molar-refractivity contribution in [1.29, 1.82) is 0 Å². The summed E-state index contributed by atoms with van der Waals surface area (Å²) < 4.78 is 40.5. The normalized spacial score (nSPS) is 14.9. The van der Waals surface area contributed by atoms with Gasteiger partial charge in [0.25, 0.3) is 11.6 Å². The molecular weight excluding hydrogens is 427 g/mol. The number of piperazine rings is 1. The van der Waals surface area contributed by atoms with Crippen LogP contribution in [-0.2, 0) is 10.0 Å². The average molecular weight is 450 g/mol. The number of nitrogens with zero attached hydrogens (tertiary/aromatic N) is 3. The highest BCUT2D eigenvalue weighted by molar-refractivity contribution is 7.89. The minimum atomic E-state index is -3.51. The molecule has 0 aromatic heterocycles. The van der Waals surface area contributed by atoms with Crippen LogP contribution in [0.3, 0.4) is 0 Å². The Morgan fingerprint density at radius 1 is 1.10 bits per heavy atom. The zero-order valence-electron chi connectivity index (χ0n) is 16.7. The number of nitro benzene ring substituents is 1. The number of nitro groups is 1. The van der Waals surface area contributed by atoms with Gasteiger partial charge in [0.2, 0.25) is 10.0 Å². The SMILES string of the molecule is O=C(NCCCS(=O)(=O)N1CCN(c2ccccc2F)CC1)c1cccc([N+](=O)[O-])c1. The lowest BCUT2D eigenvalue weighted by molar-refractivity contribution is -0.384. The number of non-ortho nitro benzene ring substituents is 1. The maximum Gasteiger partial charge on any atom is 0.270 e. The zero-order valence-corrected chi connectivity index (χ0v) is 17.6. The molecule has 31 heavy (non-hydrogen) atoms. The number of carbonyl (C=O) groups excluding carboxylic acids is 1. The van der Waals surface area contributed by atoms with Crippen LogP contribution in [0.5, 0.6) is 0 Å². The summed E-state index contributed by atoms with van der Waals surface area (Å²) in [4.78, 5) is 24.1. The Hall–Kier alpha value is -3.05. The minimum Gasteiger partial charge on any atom is -0.367 e. The van der Waals surface area contributed by atoms with Gasteiger partial charge in [-0.15, -0.1) is 0 Å². The van der Waals surface area contributed by atoms with E-state index >= 15 is 0 Å². The van der Waals surface area contributed by atoms with E-state index < -0.39 is 20.9 Å². The van der Waals surface area contributed by atoms with Gasteiger partial charge in [-0.1, -0.05) is 18.2 Å². The molecule has 0 radical (unpaired) electrons. The van der Waals surface area contributed by atoms with Gasteiger partial charge in [0.15, 0.2) is 0 Å². The molecule has 3 rings (SSSR count). The Labute approximate surface area is 179 Å². The van der Waals surface area contributed by atoms with Crippen molar-refractivity contribution in [1.82, 2.24) is 9.62 Å². The molecule has 0 bridgehead atoms. The molecule has 0 saturated carbocycles. The molecule has 1 aliphatic heterocycles. The summed E-state index contributed by atoms with van der Waals surface area (Å²) in [6.45, 7) is 1.43. The maximum absolute atomic E-state index is 13.9. The maximum atomic E-state index is 13.9. The van der Waals surface area contributed by atoms with Crippen molar-refractivity contribution in [3.63, 3.8) is 0 Å². The van der Waals surface area contributed by atoms with Crippen LogP contribution in [0.4, 0.5) is 15.8 Å². The highest BCUT2D eigenvalue weighted by atomic mass is 32.2. The van der Waals surface area contributed by atoms with E-state index in [0.29, 0.717) is 18.8 Å². The van der Waals surface area contributed by atoms with Gasteiger partial charge in [0.1, 0.15) is 5.82 Å². The number of rotatable bonds is 8. The molecule has 11 heteroatoms. The second-order valence-corrected chi connectivity index (χ2v) is 9.16. The monoisotopic (exact) mass is 450 g/mol. The first-order valence-corrected chi connectivity index (χ1v) is 11.4. The van der Waals surface area contributed by atoms with Crippen molar-refractivity contribution in [3.05, 3.63) is 70.0 Å². The third kappa shape index (κ3) is 5.76. The molecule has 1 saturated heterocycles. The predicted molar refractivity (Wildman–Crippen MR) is 114 cm³/mol. The molecule has 166 valence electrons. The highest BCUT2D eigenvalue weighted by Gasteiger charge is 2.27. The summed E-state index contributed by atoms with van der Waals surface area (Å²) in [6, 6.07) is 11.7. The second kappa shape index (κ2) is 9.84. The number of sulfonamides is 1. The zero-order chi connectivity index (χ0) is 22.4. The van der Waals surface area contributed by atoms with E-state index in [0.717, 1.165) is 0 Å². The molecule has 1 aliphatic rings. The Bertz CT molecular complexity index is 1060. The second-order valence-electron chi connectivity index (χ2n) is 7.07. The molecule has 0 aliphatic carbocycles. The Morgan fingerprint density at radius 3 is 2.48 bits per heavy atom. The lowest BCUT2D eigenvalue weighted by atomic mass is 10.2.